The van der Waals surface area contributed by atoms with Crippen molar-refractivity contribution in [3.63, 3.8) is 0 Å². The van der Waals surface area contributed by atoms with Gasteiger partial charge in [0.05, 0.1) is 7.11 Å². The Balaban J connectivity index is 2.84. The van der Waals surface area contributed by atoms with Gasteiger partial charge in [0.1, 0.15) is 5.75 Å². The second kappa shape index (κ2) is 5.51. The largest absolute Gasteiger partial charge is 0.479 e. The first-order valence-corrected chi connectivity index (χ1v) is 5.12. The first kappa shape index (κ1) is 12.5. The summed E-state index contributed by atoms with van der Waals surface area (Å²) in [5.41, 5.74) is 7.60. The molecule has 0 saturated carbocycles. The van der Waals surface area contributed by atoms with Crippen LogP contribution in [0.2, 0.25) is 0 Å². The lowest BCUT2D eigenvalue weighted by molar-refractivity contribution is -0.147. The van der Waals surface area contributed by atoms with Crippen molar-refractivity contribution >= 4 is 5.97 Å². The number of hydrogen-bond acceptors (Lipinski definition) is 4. The summed E-state index contributed by atoms with van der Waals surface area (Å²) < 4.78 is 10.1. The molecule has 1 aromatic rings. The van der Waals surface area contributed by atoms with Gasteiger partial charge in [-0.2, -0.15) is 0 Å². The smallest absolute Gasteiger partial charge is 0.346 e. The molecule has 0 heterocycles. The molecule has 88 valence electrons. The lowest BCUT2D eigenvalue weighted by Crippen LogP contribution is -2.25. The zero-order valence-electron chi connectivity index (χ0n) is 9.82. The number of aryl methyl sites for hydroxylation is 1. The molecular formula is C12H17NO3. The maximum absolute atomic E-state index is 11.2. The van der Waals surface area contributed by atoms with Crippen LogP contribution in [0, 0.1) is 6.92 Å². The molecule has 1 unspecified atom stereocenters. The van der Waals surface area contributed by atoms with E-state index in [-0.39, 0.29) is 0 Å². The van der Waals surface area contributed by atoms with E-state index in [1.165, 1.54) is 7.11 Å². The normalized spacial score (nSPS) is 12.0. The number of esters is 1. The van der Waals surface area contributed by atoms with Crippen molar-refractivity contribution in [2.45, 2.75) is 26.5 Å². The van der Waals surface area contributed by atoms with Crippen LogP contribution in [0.15, 0.2) is 18.2 Å². The van der Waals surface area contributed by atoms with E-state index < -0.39 is 12.1 Å². The third-order valence-electron chi connectivity index (χ3n) is 2.27. The van der Waals surface area contributed by atoms with Crippen molar-refractivity contribution in [3.8, 4) is 5.75 Å². The van der Waals surface area contributed by atoms with Crippen LogP contribution in [-0.4, -0.2) is 19.2 Å². The standard InChI is InChI=1S/C12H17NO3/c1-8-4-5-11(10(6-8)7-13)16-9(2)12(14)15-3/h4-6,9H,7,13H2,1-3H3. The van der Waals surface area contributed by atoms with Crippen LogP contribution < -0.4 is 10.5 Å². The maximum atomic E-state index is 11.2. The number of hydrogen-bond donors (Lipinski definition) is 1. The van der Waals surface area contributed by atoms with Crippen molar-refractivity contribution in [2.24, 2.45) is 5.73 Å². The van der Waals surface area contributed by atoms with Gasteiger partial charge in [0.15, 0.2) is 6.10 Å². The fourth-order valence-corrected chi connectivity index (χ4v) is 1.39. The summed E-state index contributed by atoms with van der Waals surface area (Å²) in [5, 5.41) is 0. The molecule has 0 saturated heterocycles. The molecule has 1 atom stereocenters. The van der Waals surface area contributed by atoms with Gasteiger partial charge in [-0.25, -0.2) is 4.79 Å². The second-order valence-corrected chi connectivity index (χ2v) is 3.60. The van der Waals surface area contributed by atoms with Gasteiger partial charge in [-0.3, -0.25) is 0 Å². The van der Waals surface area contributed by atoms with Crippen LogP contribution >= 0.6 is 0 Å². The summed E-state index contributed by atoms with van der Waals surface area (Å²) in [6.07, 6.45) is -0.627. The van der Waals surface area contributed by atoms with Gasteiger partial charge in [0, 0.05) is 12.1 Å². The van der Waals surface area contributed by atoms with Gasteiger partial charge >= 0.3 is 5.97 Å². The van der Waals surface area contributed by atoms with Crippen LogP contribution in [0.3, 0.4) is 0 Å². The molecule has 0 aliphatic heterocycles. The Morgan fingerprint density at radius 3 is 2.75 bits per heavy atom. The average molecular weight is 223 g/mol. The van der Waals surface area contributed by atoms with Gasteiger partial charge in [0.2, 0.25) is 0 Å². The fourth-order valence-electron chi connectivity index (χ4n) is 1.39. The van der Waals surface area contributed by atoms with Gasteiger partial charge < -0.3 is 15.2 Å². The molecule has 0 amide bonds. The average Bonchev–Trinajstić information content (AvgIpc) is 2.30. The summed E-state index contributed by atoms with van der Waals surface area (Å²) in [6, 6.07) is 5.68. The molecule has 0 spiro atoms. The molecule has 0 fully saturated rings. The molecular weight excluding hydrogens is 206 g/mol. The molecule has 0 aromatic heterocycles. The molecule has 1 aromatic carbocycles. The molecule has 0 aliphatic carbocycles. The zero-order chi connectivity index (χ0) is 12.1. The summed E-state index contributed by atoms with van der Waals surface area (Å²) in [5.74, 6) is 0.231. The van der Waals surface area contributed by atoms with Crippen LogP contribution in [0.5, 0.6) is 5.75 Å². The molecule has 2 N–H and O–H groups in total. The molecule has 0 bridgehead atoms. The molecule has 0 radical (unpaired) electrons. The van der Waals surface area contributed by atoms with Crippen molar-refractivity contribution in [1.29, 1.82) is 0 Å². The highest BCUT2D eigenvalue weighted by Gasteiger charge is 2.16. The van der Waals surface area contributed by atoms with Gasteiger partial charge in [-0.05, 0) is 19.9 Å². The lowest BCUT2D eigenvalue weighted by atomic mass is 10.1. The zero-order valence-corrected chi connectivity index (χ0v) is 9.82. The number of rotatable bonds is 4. The van der Waals surface area contributed by atoms with Gasteiger partial charge in [-0.1, -0.05) is 17.7 Å². The number of ether oxygens (including phenoxy) is 2. The Bertz CT molecular complexity index is 377. The highest BCUT2D eigenvalue weighted by molar-refractivity contribution is 5.74. The first-order valence-electron chi connectivity index (χ1n) is 5.12. The quantitative estimate of drug-likeness (QED) is 0.784. The molecule has 4 nitrogen and oxygen atoms in total. The van der Waals surface area contributed by atoms with Gasteiger partial charge in [-0.15, -0.1) is 0 Å². The van der Waals surface area contributed by atoms with E-state index in [1.807, 2.05) is 25.1 Å². The Morgan fingerprint density at radius 2 is 2.19 bits per heavy atom. The Morgan fingerprint density at radius 1 is 1.50 bits per heavy atom. The van der Waals surface area contributed by atoms with E-state index in [1.54, 1.807) is 6.92 Å². The number of carbonyl (C=O) groups excluding carboxylic acids is 1. The van der Waals surface area contributed by atoms with E-state index in [4.69, 9.17) is 10.5 Å². The first-order chi connectivity index (χ1) is 7.58. The van der Waals surface area contributed by atoms with E-state index in [0.29, 0.717) is 12.3 Å². The van der Waals surface area contributed by atoms with Gasteiger partial charge in [0.25, 0.3) is 0 Å². The van der Waals surface area contributed by atoms with Crippen molar-refractivity contribution in [3.05, 3.63) is 29.3 Å². The Labute approximate surface area is 95.3 Å². The molecule has 16 heavy (non-hydrogen) atoms. The minimum atomic E-state index is -0.627. The summed E-state index contributed by atoms with van der Waals surface area (Å²) in [7, 11) is 1.33. The third kappa shape index (κ3) is 2.97. The number of nitrogens with two attached hydrogens (primary N) is 1. The topological polar surface area (TPSA) is 61.5 Å². The molecule has 4 heteroatoms. The van der Waals surface area contributed by atoms with Crippen LogP contribution in [0.1, 0.15) is 18.1 Å². The summed E-state index contributed by atoms with van der Waals surface area (Å²) in [6.45, 7) is 4.00. The minimum Gasteiger partial charge on any atom is -0.479 e. The van der Waals surface area contributed by atoms with Crippen LogP contribution in [-0.2, 0) is 16.1 Å². The van der Waals surface area contributed by atoms with E-state index in [0.717, 1.165) is 11.1 Å². The Kier molecular flexibility index (Phi) is 4.31. The highest BCUT2D eigenvalue weighted by Crippen LogP contribution is 2.20. The minimum absolute atomic E-state index is 0.380. The third-order valence-corrected chi connectivity index (χ3v) is 2.27. The number of methoxy groups -OCH3 is 1. The SMILES string of the molecule is COC(=O)C(C)Oc1ccc(C)cc1CN. The van der Waals surface area contributed by atoms with E-state index in [9.17, 15) is 4.79 Å². The van der Waals surface area contributed by atoms with E-state index in [2.05, 4.69) is 4.74 Å². The monoisotopic (exact) mass is 223 g/mol. The predicted molar refractivity (Wildman–Crippen MR) is 61.2 cm³/mol. The fraction of sp³-hybridized carbons (Fsp3) is 0.417. The second-order valence-electron chi connectivity index (χ2n) is 3.60. The van der Waals surface area contributed by atoms with Crippen LogP contribution in [0.4, 0.5) is 0 Å². The predicted octanol–water partition coefficient (Wildman–Crippen LogP) is 1.39. The summed E-state index contributed by atoms with van der Waals surface area (Å²) in [4.78, 5) is 11.2. The highest BCUT2D eigenvalue weighted by atomic mass is 16.6. The van der Waals surface area contributed by atoms with E-state index >= 15 is 0 Å². The summed E-state index contributed by atoms with van der Waals surface area (Å²) >= 11 is 0. The van der Waals surface area contributed by atoms with Crippen molar-refractivity contribution in [2.75, 3.05) is 7.11 Å². The molecule has 0 aliphatic rings. The number of carbonyl (C=O) groups is 1. The number of benzene rings is 1. The van der Waals surface area contributed by atoms with Crippen molar-refractivity contribution in [1.82, 2.24) is 0 Å². The Hall–Kier alpha value is -1.55. The van der Waals surface area contributed by atoms with Crippen LogP contribution in [0.25, 0.3) is 0 Å². The lowest BCUT2D eigenvalue weighted by Gasteiger charge is -2.15. The van der Waals surface area contributed by atoms with Crippen molar-refractivity contribution < 1.29 is 14.3 Å². The maximum Gasteiger partial charge on any atom is 0.346 e. The molecule has 1 rings (SSSR count).